The molecule has 0 aliphatic carbocycles. The largest absolute Gasteiger partial charge is 0.396 e. The number of nitrogen functional groups attached to an aromatic ring is 1. The van der Waals surface area contributed by atoms with E-state index in [-0.39, 0.29) is 5.69 Å². The summed E-state index contributed by atoms with van der Waals surface area (Å²) < 4.78 is 47.4. The van der Waals surface area contributed by atoms with E-state index in [0.29, 0.717) is 65.9 Å². The lowest BCUT2D eigenvalue weighted by Gasteiger charge is -2.07. The first-order valence-corrected chi connectivity index (χ1v) is 7.77. The van der Waals surface area contributed by atoms with Crippen LogP contribution in [-0.2, 0) is 25.5 Å². The lowest BCUT2D eigenvalue weighted by molar-refractivity contribution is -0.00200. The predicted octanol–water partition coefficient (Wildman–Crippen LogP) is 0.428. The number of hydrogen-bond acceptors (Lipinski definition) is 7. The van der Waals surface area contributed by atoms with Crippen molar-refractivity contribution in [2.75, 3.05) is 65.1 Å². The Labute approximate surface area is 140 Å². The fourth-order valence-electron chi connectivity index (χ4n) is 1.74. The van der Waals surface area contributed by atoms with E-state index in [1.807, 2.05) is 0 Å². The molecule has 0 aromatic carbocycles. The monoisotopic (exact) mass is 352 g/mol. The van der Waals surface area contributed by atoms with Crippen LogP contribution in [0.3, 0.4) is 0 Å². The van der Waals surface area contributed by atoms with Gasteiger partial charge in [0.1, 0.15) is 0 Å². The van der Waals surface area contributed by atoms with Crippen molar-refractivity contribution in [3.8, 4) is 0 Å². The van der Waals surface area contributed by atoms with E-state index in [0.717, 1.165) is 0 Å². The standard InChI is InChI=1S/C14H26F2N4O4/c15-14(16)13-12(18)11-20(19-13)2-4-22-6-8-24-10-9-23-7-5-21-3-1-17/h11,14H,1-10,17-18H2. The van der Waals surface area contributed by atoms with Gasteiger partial charge in [-0.15, -0.1) is 0 Å². The minimum Gasteiger partial charge on any atom is -0.396 e. The maximum Gasteiger partial charge on any atom is 0.284 e. The van der Waals surface area contributed by atoms with Crippen LogP contribution in [0.4, 0.5) is 14.5 Å². The Morgan fingerprint density at radius 2 is 1.42 bits per heavy atom. The molecule has 0 atom stereocenters. The van der Waals surface area contributed by atoms with Crippen LogP contribution in [0.15, 0.2) is 6.20 Å². The summed E-state index contributed by atoms with van der Waals surface area (Å²) in [6.07, 6.45) is -1.30. The highest BCUT2D eigenvalue weighted by molar-refractivity contribution is 5.41. The maximum absolute atomic E-state index is 12.5. The van der Waals surface area contributed by atoms with Crippen LogP contribution in [-0.4, -0.2) is 69.2 Å². The van der Waals surface area contributed by atoms with Gasteiger partial charge in [-0.25, -0.2) is 8.78 Å². The molecule has 0 aliphatic rings. The summed E-state index contributed by atoms with van der Waals surface area (Å²) >= 11 is 0. The topological polar surface area (TPSA) is 107 Å². The van der Waals surface area contributed by atoms with Gasteiger partial charge in [-0.2, -0.15) is 5.10 Å². The van der Waals surface area contributed by atoms with Gasteiger partial charge in [-0.1, -0.05) is 0 Å². The summed E-state index contributed by atoms with van der Waals surface area (Å²) in [5.41, 5.74) is 10.3. The molecule has 0 fully saturated rings. The Hall–Kier alpha value is -1.33. The number of alkyl halides is 2. The molecule has 0 unspecified atom stereocenters. The number of halogens is 2. The van der Waals surface area contributed by atoms with Crippen molar-refractivity contribution in [2.24, 2.45) is 5.73 Å². The molecule has 1 aromatic rings. The van der Waals surface area contributed by atoms with Crippen LogP contribution in [0, 0.1) is 0 Å². The van der Waals surface area contributed by atoms with Crippen molar-refractivity contribution in [2.45, 2.75) is 13.0 Å². The SMILES string of the molecule is NCCOCCOCCOCCOCCn1cc(N)c(C(F)F)n1. The highest BCUT2D eigenvalue weighted by Crippen LogP contribution is 2.22. The van der Waals surface area contributed by atoms with Gasteiger partial charge >= 0.3 is 0 Å². The molecule has 0 aliphatic heterocycles. The zero-order valence-corrected chi connectivity index (χ0v) is 13.7. The van der Waals surface area contributed by atoms with Crippen molar-refractivity contribution in [1.29, 1.82) is 0 Å². The summed E-state index contributed by atoms with van der Waals surface area (Å²) in [7, 11) is 0. The third kappa shape index (κ3) is 9.08. The number of rotatable bonds is 15. The number of ether oxygens (including phenoxy) is 4. The lowest BCUT2D eigenvalue weighted by atomic mass is 10.4. The molecule has 0 amide bonds. The van der Waals surface area contributed by atoms with Gasteiger partial charge in [0.05, 0.1) is 65.1 Å². The van der Waals surface area contributed by atoms with Crippen LogP contribution in [0.1, 0.15) is 12.1 Å². The third-order valence-corrected chi connectivity index (χ3v) is 2.87. The molecule has 1 heterocycles. The van der Waals surface area contributed by atoms with Gasteiger partial charge in [0.15, 0.2) is 5.69 Å². The Bertz CT molecular complexity index is 435. The van der Waals surface area contributed by atoms with Gasteiger partial charge in [-0.05, 0) is 0 Å². The number of nitrogens with zero attached hydrogens (tertiary/aromatic N) is 2. The summed E-state index contributed by atoms with van der Waals surface area (Å²) in [6, 6.07) is 0. The van der Waals surface area contributed by atoms with Crippen LogP contribution in [0.5, 0.6) is 0 Å². The molecule has 0 saturated carbocycles. The zero-order valence-electron chi connectivity index (χ0n) is 13.7. The van der Waals surface area contributed by atoms with Crippen LogP contribution in [0.25, 0.3) is 0 Å². The molecule has 24 heavy (non-hydrogen) atoms. The second-order valence-electron chi connectivity index (χ2n) is 4.77. The summed E-state index contributed by atoms with van der Waals surface area (Å²) in [6.45, 7) is 4.53. The second kappa shape index (κ2) is 13.0. The zero-order chi connectivity index (χ0) is 17.6. The van der Waals surface area contributed by atoms with Crippen molar-refractivity contribution >= 4 is 5.69 Å². The molecule has 0 spiro atoms. The van der Waals surface area contributed by atoms with Crippen LogP contribution < -0.4 is 11.5 Å². The highest BCUT2D eigenvalue weighted by Gasteiger charge is 2.15. The van der Waals surface area contributed by atoms with E-state index >= 15 is 0 Å². The van der Waals surface area contributed by atoms with E-state index in [1.165, 1.54) is 10.9 Å². The molecule has 10 heteroatoms. The number of nitrogens with two attached hydrogens (primary N) is 2. The second-order valence-corrected chi connectivity index (χ2v) is 4.77. The maximum atomic E-state index is 12.5. The molecular weight excluding hydrogens is 326 g/mol. The van der Waals surface area contributed by atoms with E-state index in [9.17, 15) is 8.78 Å². The third-order valence-electron chi connectivity index (χ3n) is 2.87. The van der Waals surface area contributed by atoms with Crippen molar-refractivity contribution in [3.63, 3.8) is 0 Å². The molecule has 4 N–H and O–H groups in total. The Kier molecular flexibility index (Phi) is 11.2. The first kappa shape index (κ1) is 20.7. The predicted molar refractivity (Wildman–Crippen MR) is 83.9 cm³/mol. The van der Waals surface area contributed by atoms with Crippen LogP contribution >= 0.6 is 0 Å². The molecule has 8 nitrogen and oxygen atoms in total. The minimum atomic E-state index is -2.67. The minimum absolute atomic E-state index is 0.0123. The molecule has 0 radical (unpaired) electrons. The Morgan fingerprint density at radius 1 is 0.917 bits per heavy atom. The van der Waals surface area contributed by atoms with Gasteiger partial charge < -0.3 is 30.4 Å². The first-order chi connectivity index (χ1) is 11.6. The molecular formula is C14H26F2N4O4. The molecule has 1 rings (SSSR count). The first-order valence-electron chi connectivity index (χ1n) is 7.77. The summed E-state index contributed by atoms with van der Waals surface area (Å²) in [5, 5.41) is 3.70. The molecule has 0 bridgehead atoms. The fraction of sp³-hybridized carbons (Fsp3) is 0.786. The smallest absolute Gasteiger partial charge is 0.284 e. The molecule has 0 saturated heterocycles. The Morgan fingerprint density at radius 3 is 1.88 bits per heavy atom. The number of anilines is 1. The van der Waals surface area contributed by atoms with E-state index < -0.39 is 12.1 Å². The molecule has 1 aromatic heterocycles. The van der Waals surface area contributed by atoms with Crippen molar-refractivity contribution in [1.82, 2.24) is 9.78 Å². The normalized spacial score (nSPS) is 11.5. The van der Waals surface area contributed by atoms with E-state index in [1.54, 1.807) is 0 Å². The Balaban J connectivity index is 1.89. The van der Waals surface area contributed by atoms with Gasteiger partial charge in [0.2, 0.25) is 0 Å². The van der Waals surface area contributed by atoms with Gasteiger partial charge in [0.25, 0.3) is 6.43 Å². The number of hydrogen-bond donors (Lipinski definition) is 2. The van der Waals surface area contributed by atoms with E-state index in [4.69, 9.17) is 30.4 Å². The quantitative estimate of drug-likeness (QED) is 0.441. The summed E-state index contributed by atoms with van der Waals surface area (Å²) in [5.74, 6) is 0. The van der Waals surface area contributed by atoms with Gasteiger partial charge in [-0.3, -0.25) is 4.68 Å². The van der Waals surface area contributed by atoms with Crippen molar-refractivity contribution < 1.29 is 27.7 Å². The average Bonchev–Trinajstić information content (AvgIpc) is 2.93. The lowest BCUT2D eigenvalue weighted by Crippen LogP contribution is -2.15. The highest BCUT2D eigenvalue weighted by atomic mass is 19.3. The van der Waals surface area contributed by atoms with Crippen molar-refractivity contribution in [3.05, 3.63) is 11.9 Å². The number of aromatic nitrogens is 2. The van der Waals surface area contributed by atoms with Gasteiger partial charge in [0, 0.05) is 12.7 Å². The van der Waals surface area contributed by atoms with E-state index in [2.05, 4.69) is 5.10 Å². The summed E-state index contributed by atoms with van der Waals surface area (Å²) in [4.78, 5) is 0. The molecule has 140 valence electrons. The average molecular weight is 352 g/mol. The fourth-order valence-corrected chi connectivity index (χ4v) is 1.74. The van der Waals surface area contributed by atoms with Crippen LogP contribution in [0.2, 0.25) is 0 Å².